The van der Waals surface area contributed by atoms with Crippen molar-refractivity contribution in [2.45, 2.75) is 6.17 Å². The zero-order valence-corrected chi connectivity index (χ0v) is 15.1. The Morgan fingerprint density at radius 1 is 1.07 bits per heavy atom. The first-order valence-electron chi connectivity index (χ1n) is 9.37. The molecule has 138 valence electrons. The predicted octanol–water partition coefficient (Wildman–Crippen LogP) is 0.672. The van der Waals surface area contributed by atoms with Gasteiger partial charge in [0.1, 0.15) is 17.8 Å². The van der Waals surface area contributed by atoms with Crippen LogP contribution in [0.4, 0.5) is 0 Å². The summed E-state index contributed by atoms with van der Waals surface area (Å²) in [7, 11) is 0. The van der Waals surface area contributed by atoms with E-state index in [-0.39, 0.29) is 6.17 Å². The Bertz CT molecular complexity index is 888. The number of nitrogens with two attached hydrogens (primary N) is 1. The zero-order chi connectivity index (χ0) is 18.2. The monoisotopic (exact) mass is 361 g/mol. The van der Waals surface area contributed by atoms with Gasteiger partial charge in [-0.15, -0.1) is 0 Å². The fraction of sp³-hybridized carbons (Fsp3) is 0.300. The molecule has 0 aromatic heterocycles. The van der Waals surface area contributed by atoms with Crippen molar-refractivity contribution >= 4 is 17.6 Å². The summed E-state index contributed by atoms with van der Waals surface area (Å²) in [5.41, 5.74) is 9.59. The second kappa shape index (κ2) is 6.68. The van der Waals surface area contributed by atoms with Gasteiger partial charge in [-0.25, -0.2) is 9.98 Å². The van der Waals surface area contributed by atoms with Gasteiger partial charge in [0.05, 0.1) is 18.0 Å². The molecule has 1 atom stereocenters. The molecular weight excluding hydrogens is 338 g/mol. The van der Waals surface area contributed by atoms with Crippen molar-refractivity contribution in [1.29, 1.82) is 0 Å². The molecule has 0 spiro atoms. The average Bonchev–Trinajstić information content (AvgIpc) is 3.30. The summed E-state index contributed by atoms with van der Waals surface area (Å²) in [6, 6.07) is 10.2. The molecule has 5 aliphatic heterocycles. The van der Waals surface area contributed by atoms with Crippen molar-refractivity contribution in [3.05, 3.63) is 65.4 Å². The van der Waals surface area contributed by atoms with Crippen LogP contribution in [0.2, 0.25) is 0 Å². The maximum absolute atomic E-state index is 6.59. The lowest BCUT2D eigenvalue weighted by atomic mass is 10.2. The lowest BCUT2D eigenvalue weighted by Crippen LogP contribution is -2.58. The van der Waals surface area contributed by atoms with Crippen LogP contribution in [0.5, 0.6) is 0 Å². The Labute approximate surface area is 158 Å². The first-order chi connectivity index (χ1) is 13.3. The van der Waals surface area contributed by atoms with Crippen LogP contribution in [0.15, 0.2) is 69.8 Å². The molecule has 2 bridgehead atoms. The summed E-state index contributed by atoms with van der Waals surface area (Å²) < 4.78 is 0. The number of aliphatic imine (C=N–C) groups is 2. The highest BCUT2D eigenvalue weighted by molar-refractivity contribution is 6.06. The van der Waals surface area contributed by atoms with Crippen molar-refractivity contribution in [2.24, 2.45) is 15.7 Å². The van der Waals surface area contributed by atoms with E-state index in [0.717, 1.165) is 67.2 Å². The molecule has 1 aromatic carbocycles. The molecule has 1 saturated heterocycles. The number of benzene rings is 1. The van der Waals surface area contributed by atoms with Crippen molar-refractivity contribution in [3.63, 3.8) is 0 Å². The van der Waals surface area contributed by atoms with E-state index in [1.807, 2.05) is 24.3 Å². The molecule has 6 rings (SSSR count). The van der Waals surface area contributed by atoms with Crippen LogP contribution < -0.4 is 16.4 Å². The maximum Gasteiger partial charge on any atom is 0.159 e. The number of fused-ring (bicyclic) bond motifs is 1. The molecule has 1 fully saturated rings. The van der Waals surface area contributed by atoms with Crippen LogP contribution in [-0.2, 0) is 0 Å². The molecule has 27 heavy (non-hydrogen) atoms. The van der Waals surface area contributed by atoms with Crippen molar-refractivity contribution in [2.75, 3.05) is 32.7 Å². The minimum atomic E-state index is -0.0570. The molecule has 1 aromatic rings. The minimum Gasteiger partial charge on any atom is -0.396 e. The second-order valence-electron chi connectivity index (χ2n) is 7.04. The van der Waals surface area contributed by atoms with E-state index in [1.165, 1.54) is 0 Å². The maximum atomic E-state index is 6.59. The molecule has 5 heterocycles. The van der Waals surface area contributed by atoms with E-state index in [0.29, 0.717) is 0 Å². The van der Waals surface area contributed by atoms with Crippen molar-refractivity contribution < 1.29 is 0 Å². The fourth-order valence-electron chi connectivity index (χ4n) is 3.76. The van der Waals surface area contributed by atoms with Gasteiger partial charge in [-0.3, -0.25) is 4.90 Å². The van der Waals surface area contributed by atoms with Gasteiger partial charge in [-0.05, 0) is 11.6 Å². The summed E-state index contributed by atoms with van der Waals surface area (Å²) in [5, 5.41) is 6.92. The largest absolute Gasteiger partial charge is 0.396 e. The predicted molar refractivity (Wildman–Crippen MR) is 108 cm³/mol. The quantitative estimate of drug-likeness (QED) is 0.735. The van der Waals surface area contributed by atoms with E-state index in [2.05, 4.69) is 49.7 Å². The first-order valence-corrected chi connectivity index (χ1v) is 9.37. The summed E-state index contributed by atoms with van der Waals surface area (Å²) in [5.74, 6) is 2.59. The lowest BCUT2D eigenvalue weighted by molar-refractivity contribution is 0.178. The number of hydrogen-bond donors (Lipinski definition) is 3. The van der Waals surface area contributed by atoms with Gasteiger partial charge in [0.15, 0.2) is 5.82 Å². The Balaban J connectivity index is 1.45. The molecule has 7 nitrogen and oxygen atoms in total. The summed E-state index contributed by atoms with van der Waals surface area (Å²) in [6.07, 6.45) is 6.13. The molecule has 1 unspecified atom stereocenters. The van der Waals surface area contributed by atoms with Crippen molar-refractivity contribution in [1.82, 2.24) is 20.4 Å². The van der Waals surface area contributed by atoms with Gasteiger partial charge in [-0.2, -0.15) is 0 Å². The number of nitrogens with zero attached hydrogens (tertiary/aromatic N) is 4. The Hall–Kier alpha value is -2.90. The standard InChI is InChI=1S/C20H23N7/c21-18-19(26-10-8-22-9-11-26)24-16(7-6-14-4-2-1-3-5-14)25-20(18)27-13-15-12-17(27)23-15/h1-7,12,19,22H,8-11,13,21H2,(H,24,25)/b7-6+. The van der Waals surface area contributed by atoms with Crippen LogP contribution in [0.1, 0.15) is 5.56 Å². The van der Waals surface area contributed by atoms with Crippen molar-refractivity contribution in [3.8, 4) is 0 Å². The smallest absolute Gasteiger partial charge is 0.159 e. The molecular formula is C20H23N7. The van der Waals surface area contributed by atoms with Crippen LogP contribution in [-0.4, -0.2) is 60.2 Å². The van der Waals surface area contributed by atoms with E-state index in [9.17, 15) is 0 Å². The third-order valence-electron chi connectivity index (χ3n) is 5.22. The second-order valence-corrected chi connectivity index (χ2v) is 7.04. The number of amidine groups is 1. The number of piperazine rings is 1. The van der Waals surface area contributed by atoms with E-state index < -0.39 is 0 Å². The van der Waals surface area contributed by atoms with Gasteiger partial charge < -0.3 is 21.3 Å². The van der Waals surface area contributed by atoms with Gasteiger partial charge in [0.25, 0.3) is 0 Å². The van der Waals surface area contributed by atoms with Crippen LogP contribution >= 0.6 is 0 Å². The highest BCUT2D eigenvalue weighted by atomic mass is 15.4. The SMILES string of the molecule is NC1=C(N2CC3=NC2=C3)N=C(/C=C/c2ccccc2)NC1N1CCNCC1. The normalized spacial score (nSPS) is 25.1. The summed E-state index contributed by atoms with van der Waals surface area (Å²) >= 11 is 0. The molecule has 7 heteroatoms. The number of hydrogen-bond acceptors (Lipinski definition) is 7. The molecule has 0 saturated carbocycles. The summed E-state index contributed by atoms with van der Waals surface area (Å²) in [4.78, 5) is 13.8. The highest BCUT2D eigenvalue weighted by Gasteiger charge is 2.36. The van der Waals surface area contributed by atoms with Crippen LogP contribution in [0, 0.1) is 0 Å². The van der Waals surface area contributed by atoms with Crippen LogP contribution in [0.25, 0.3) is 6.08 Å². The van der Waals surface area contributed by atoms with Crippen LogP contribution in [0.3, 0.4) is 0 Å². The fourth-order valence-corrected chi connectivity index (χ4v) is 3.76. The molecule has 4 N–H and O–H groups in total. The molecule has 0 radical (unpaired) electrons. The molecule has 0 aliphatic carbocycles. The van der Waals surface area contributed by atoms with Gasteiger partial charge in [-0.1, -0.05) is 36.4 Å². The average molecular weight is 361 g/mol. The van der Waals surface area contributed by atoms with Gasteiger partial charge in [0, 0.05) is 32.3 Å². The van der Waals surface area contributed by atoms with E-state index in [4.69, 9.17) is 10.7 Å². The topological polar surface area (TPSA) is 81.3 Å². The lowest BCUT2D eigenvalue weighted by Gasteiger charge is -2.39. The zero-order valence-electron chi connectivity index (χ0n) is 15.1. The first kappa shape index (κ1) is 16.3. The van der Waals surface area contributed by atoms with Gasteiger partial charge in [0.2, 0.25) is 0 Å². The Morgan fingerprint density at radius 3 is 2.56 bits per heavy atom. The Kier molecular flexibility index (Phi) is 4.03. The van der Waals surface area contributed by atoms with E-state index >= 15 is 0 Å². The van der Waals surface area contributed by atoms with E-state index in [1.54, 1.807) is 0 Å². The summed E-state index contributed by atoms with van der Waals surface area (Å²) in [6.45, 7) is 4.60. The molecule has 5 aliphatic rings. The number of rotatable bonds is 4. The highest BCUT2D eigenvalue weighted by Crippen LogP contribution is 2.31. The minimum absolute atomic E-state index is 0.0570. The Morgan fingerprint density at radius 2 is 1.85 bits per heavy atom. The molecule has 0 amide bonds. The third kappa shape index (κ3) is 3.05. The number of nitrogens with one attached hydrogen (secondary N) is 2. The van der Waals surface area contributed by atoms with Gasteiger partial charge >= 0.3 is 0 Å². The third-order valence-corrected chi connectivity index (χ3v) is 5.22.